The van der Waals surface area contributed by atoms with Gasteiger partial charge in [-0.3, -0.25) is 4.79 Å². The minimum Gasteiger partial charge on any atom is -0.495 e. The number of rotatable bonds is 7. The molecule has 1 fully saturated rings. The van der Waals surface area contributed by atoms with E-state index < -0.39 is 0 Å². The fourth-order valence-electron chi connectivity index (χ4n) is 3.34. The molecule has 0 aliphatic heterocycles. The number of carbonyl (C=O) groups is 1. The maximum atomic E-state index is 12.3. The zero-order chi connectivity index (χ0) is 19.2. The Morgan fingerprint density at radius 2 is 2.11 bits per heavy atom. The van der Waals surface area contributed by atoms with Crippen molar-refractivity contribution in [2.75, 3.05) is 18.2 Å². The number of methoxy groups -OCH3 is 1. The van der Waals surface area contributed by atoms with Gasteiger partial charge in [-0.25, -0.2) is 0 Å². The first kappa shape index (κ1) is 19.9. The van der Waals surface area contributed by atoms with Crippen molar-refractivity contribution >= 4 is 39.8 Å². The average molecular weight is 407 g/mol. The van der Waals surface area contributed by atoms with Crippen LogP contribution in [-0.4, -0.2) is 35.0 Å². The molecule has 3 rings (SSSR count). The van der Waals surface area contributed by atoms with E-state index in [1.165, 1.54) is 35.9 Å². The third-order valence-corrected chi connectivity index (χ3v) is 7.11. The summed E-state index contributed by atoms with van der Waals surface area (Å²) in [4.78, 5) is 12.3. The molecule has 0 saturated heterocycles. The Kier molecular flexibility index (Phi) is 6.95. The predicted octanol–water partition coefficient (Wildman–Crippen LogP) is 4.32. The van der Waals surface area contributed by atoms with Gasteiger partial charge in [0, 0.05) is 6.04 Å². The summed E-state index contributed by atoms with van der Waals surface area (Å²) in [5.74, 6) is 2.38. The summed E-state index contributed by atoms with van der Waals surface area (Å²) in [5, 5.41) is 15.4. The lowest BCUT2D eigenvalue weighted by atomic mass is 9.78. The summed E-state index contributed by atoms with van der Waals surface area (Å²) in [6.45, 7) is 4.51. The zero-order valence-corrected chi connectivity index (χ0v) is 17.5. The van der Waals surface area contributed by atoms with E-state index in [9.17, 15) is 4.79 Å². The minimum atomic E-state index is 0.0698. The Bertz CT molecular complexity index is 768. The number of thioether (sulfide) groups is 1. The van der Waals surface area contributed by atoms with E-state index in [1.807, 2.05) is 24.3 Å². The van der Waals surface area contributed by atoms with Gasteiger partial charge >= 0.3 is 0 Å². The molecule has 0 radical (unpaired) electrons. The van der Waals surface area contributed by atoms with Gasteiger partial charge in [-0.2, -0.15) is 0 Å². The Morgan fingerprint density at radius 1 is 1.30 bits per heavy atom. The molecule has 1 saturated carbocycles. The van der Waals surface area contributed by atoms with Crippen LogP contribution in [-0.2, 0) is 4.79 Å². The second-order valence-electron chi connectivity index (χ2n) is 6.93. The number of aromatic nitrogens is 2. The van der Waals surface area contributed by atoms with E-state index in [1.54, 1.807) is 7.11 Å². The third-order valence-electron chi connectivity index (χ3n) is 5.13. The molecule has 3 atom stereocenters. The molecule has 2 aromatic rings. The van der Waals surface area contributed by atoms with E-state index >= 15 is 0 Å². The molecule has 1 aromatic carbocycles. The minimum absolute atomic E-state index is 0.0698. The van der Waals surface area contributed by atoms with Crippen LogP contribution in [0.4, 0.5) is 10.8 Å². The predicted molar refractivity (Wildman–Crippen MR) is 111 cm³/mol. The SMILES string of the molecule is COc1ccccc1Nc1nnc(SCC(=O)N[C@H]2CCC[C@H](C)[C@H]2C)s1. The Labute approximate surface area is 168 Å². The normalized spacial score (nSPS) is 22.3. The van der Waals surface area contributed by atoms with Crippen LogP contribution < -0.4 is 15.4 Å². The van der Waals surface area contributed by atoms with Crippen LogP contribution in [0.5, 0.6) is 5.75 Å². The molecule has 146 valence electrons. The number of amides is 1. The van der Waals surface area contributed by atoms with Gasteiger partial charge in [-0.15, -0.1) is 10.2 Å². The van der Waals surface area contributed by atoms with Crippen molar-refractivity contribution in [2.24, 2.45) is 11.8 Å². The average Bonchev–Trinajstić information content (AvgIpc) is 3.12. The van der Waals surface area contributed by atoms with Crippen LogP contribution in [0.25, 0.3) is 0 Å². The quantitative estimate of drug-likeness (QED) is 0.667. The monoisotopic (exact) mass is 406 g/mol. The topological polar surface area (TPSA) is 76.1 Å². The van der Waals surface area contributed by atoms with Gasteiger partial charge in [0.15, 0.2) is 4.34 Å². The lowest BCUT2D eigenvalue weighted by Crippen LogP contribution is -2.44. The van der Waals surface area contributed by atoms with E-state index in [2.05, 4.69) is 34.7 Å². The Morgan fingerprint density at radius 3 is 2.93 bits per heavy atom. The van der Waals surface area contributed by atoms with E-state index in [-0.39, 0.29) is 5.91 Å². The molecule has 1 amide bonds. The first-order valence-electron chi connectivity index (χ1n) is 9.22. The molecule has 8 heteroatoms. The number of ether oxygens (including phenoxy) is 1. The van der Waals surface area contributed by atoms with Gasteiger partial charge in [0.25, 0.3) is 0 Å². The highest BCUT2D eigenvalue weighted by Crippen LogP contribution is 2.32. The van der Waals surface area contributed by atoms with Crippen molar-refractivity contribution in [3.63, 3.8) is 0 Å². The molecule has 1 aliphatic carbocycles. The molecular weight excluding hydrogens is 380 g/mol. The first-order chi connectivity index (χ1) is 13.1. The number of hydrogen-bond donors (Lipinski definition) is 2. The van der Waals surface area contributed by atoms with E-state index in [0.717, 1.165) is 22.2 Å². The van der Waals surface area contributed by atoms with Crippen molar-refractivity contribution in [3.8, 4) is 5.75 Å². The molecule has 6 nitrogen and oxygen atoms in total. The summed E-state index contributed by atoms with van der Waals surface area (Å²) in [5.41, 5.74) is 0.839. The summed E-state index contributed by atoms with van der Waals surface area (Å²) < 4.78 is 6.10. The second-order valence-corrected chi connectivity index (χ2v) is 9.13. The van der Waals surface area contributed by atoms with Crippen molar-refractivity contribution in [1.82, 2.24) is 15.5 Å². The Hall–Kier alpha value is -1.80. The smallest absolute Gasteiger partial charge is 0.230 e. The second kappa shape index (κ2) is 9.41. The van der Waals surface area contributed by atoms with Gasteiger partial charge in [0.05, 0.1) is 18.6 Å². The number of carbonyl (C=O) groups excluding carboxylic acids is 1. The van der Waals surface area contributed by atoms with Gasteiger partial charge in [0.2, 0.25) is 11.0 Å². The molecular formula is C19H26N4O2S2. The molecule has 0 spiro atoms. The number of nitrogens with zero attached hydrogens (tertiary/aromatic N) is 2. The highest BCUT2D eigenvalue weighted by atomic mass is 32.2. The van der Waals surface area contributed by atoms with Crippen LogP contribution in [0.3, 0.4) is 0 Å². The number of nitrogens with one attached hydrogen (secondary N) is 2. The first-order valence-corrected chi connectivity index (χ1v) is 11.0. The standard InChI is InChI=1S/C19H26N4O2S2/c1-12-7-6-9-14(13(12)2)20-17(24)11-26-19-23-22-18(27-19)21-15-8-4-5-10-16(15)25-3/h4-5,8,10,12-14H,6-7,9,11H2,1-3H3,(H,20,24)(H,21,22)/t12-,13+,14-/m0/s1. The molecule has 2 N–H and O–H groups in total. The van der Waals surface area contributed by atoms with Gasteiger partial charge in [0.1, 0.15) is 5.75 Å². The maximum absolute atomic E-state index is 12.3. The lowest BCUT2D eigenvalue weighted by molar-refractivity contribution is -0.119. The molecule has 27 heavy (non-hydrogen) atoms. The van der Waals surface area contributed by atoms with Gasteiger partial charge in [-0.05, 0) is 30.4 Å². The fraction of sp³-hybridized carbons (Fsp3) is 0.526. The number of para-hydroxylation sites is 2. The third kappa shape index (κ3) is 5.35. The van der Waals surface area contributed by atoms with E-state index in [4.69, 9.17) is 4.74 Å². The summed E-state index contributed by atoms with van der Waals surface area (Å²) in [6.07, 6.45) is 3.53. The van der Waals surface area contributed by atoms with Gasteiger partial charge < -0.3 is 15.4 Å². The van der Waals surface area contributed by atoms with Crippen molar-refractivity contribution < 1.29 is 9.53 Å². The fourth-order valence-corrected chi connectivity index (χ4v) is 4.92. The number of benzene rings is 1. The molecule has 1 aliphatic rings. The van der Waals surface area contributed by atoms with Gasteiger partial charge in [-0.1, -0.05) is 61.9 Å². The number of anilines is 2. The zero-order valence-electron chi connectivity index (χ0n) is 15.9. The van der Waals surface area contributed by atoms with Crippen molar-refractivity contribution in [1.29, 1.82) is 0 Å². The van der Waals surface area contributed by atoms with Crippen LogP contribution >= 0.6 is 23.1 Å². The number of hydrogen-bond acceptors (Lipinski definition) is 7. The van der Waals surface area contributed by atoms with Crippen molar-refractivity contribution in [3.05, 3.63) is 24.3 Å². The molecule has 1 heterocycles. The largest absolute Gasteiger partial charge is 0.495 e. The van der Waals surface area contributed by atoms with Crippen LogP contribution in [0.15, 0.2) is 28.6 Å². The maximum Gasteiger partial charge on any atom is 0.230 e. The Balaban J connectivity index is 1.50. The van der Waals surface area contributed by atoms with Crippen LogP contribution in [0.2, 0.25) is 0 Å². The van der Waals surface area contributed by atoms with Crippen LogP contribution in [0.1, 0.15) is 33.1 Å². The lowest BCUT2D eigenvalue weighted by Gasteiger charge is -2.34. The highest BCUT2D eigenvalue weighted by molar-refractivity contribution is 8.01. The molecule has 0 unspecified atom stereocenters. The highest BCUT2D eigenvalue weighted by Gasteiger charge is 2.28. The molecule has 1 aromatic heterocycles. The summed E-state index contributed by atoms with van der Waals surface area (Å²) in [7, 11) is 1.63. The van der Waals surface area contributed by atoms with E-state index in [0.29, 0.717) is 28.8 Å². The van der Waals surface area contributed by atoms with Crippen molar-refractivity contribution in [2.45, 2.75) is 43.5 Å². The molecule has 0 bridgehead atoms. The summed E-state index contributed by atoms with van der Waals surface area (Å²) >= 11 is 2.85. The van der Waals surface area contributed by atoms with Crippen LogP contribution in [0, 0.1) is 11.8 Å². The summed E-state index contributed by atoms with van der Waals surface area (Å²) in [6, 6.07) is 7.94.